The van der Waals surface area contributed by atoms with Crippen LogP contribution in [0.1, 0.15) is 0 Å². The van der Waals surface area contributed by atoms with Crippen molar-refractivity contribution in [1.29, 1.82) is 0 Å². The fourth-order valence-corrected chi connectivity index (χ4v) is 6.54. The van der Waals surface area contributed by atoms with Gasteiger partial charge in [0, 0.05) is 26.2 Å². The van der Waals surface area contributed by atoms with Crippen molar-refractivity contribution in [3.63, 3.8) is 0 Å². The van der Waals surface area contributed by atoms with Crippen LogP contribution in [0.2, 0.25) is 0 Å². The van der Waals surface area contributed by atoms with Gasteiger partial charge < -0.3 is 4.90 Å². The molecule has 2 aromatic rings. The van der Waals surface area contributed by atoms with Crippen molar-refractivity contribution in [2.75, 3.05) is 31.9 Å². The van der Waals surface area contributed by atoms with E-state index in [9.17, 15) is 13.2 Å². The van der Waals surface area contributed by atoms with Crippen LogP contribution in [-0.4, -0.2) is 55.5 Å². The van der Waals surface area contributed by atoms with E-state index in [4.69, 9.17) is 0 Å². The van der Waals surface area contributed by atoms with Gasteiger partial charge in [-0.1, -0.05) is 12.1 Å². The van der Waals surface area contributed by atoms with Gasteiger partial charge in [-0.05, 0) is 22.9 Å². The monoisotopic (exact) mass is 388 g/mol. The maximum atomic E-state index is 12.4. The summed E-state index contributed by atoms with van der Waals surface area (Å²) in [5, 5.41) is 3.75. The molecular weight excluding hydrogens is 372 g/mol. The third kappa shape index (κ3) is 3.97. The van der Waals surface area contributed by atoms with E-state index in [-0.39, 0.29) is 5.91 Å². The zero-order valence-electron chi connectivity index (χ0n) is 12.3. The van der Waals surface area contributed by atoms with Crippen molar-refractivity contribution in [1.82, 2.24) is 9.21 Å². The van der Waals surface area contributed by atoms with Gasteiger partial charge in [0.25, 0.3) is 10.0 Å². The summed E-state index contributed by atoms with van der Waals surface area (Å²) < 4.78 is 27.8. The third-order valence-corrected chi connectivity index (χ3v) is 8.90. The van der Waals surface area contributed by atoms with Gasteiger partial charge in [0.15, 0.2) is 0 Å². The first-order valence-corrected chi connectivity index (χ1v) is 11.2. The minimum absolute atomic E-state index is 0.0663. The molecule has 0 bridgehead atoms. The number of carbonyl (C=O) groups is 1. The molecule has 0 unspecified atom stereocenters. The van der Waals surface area contributed by atoms with Gasteiger partial charge in [-0.25, -0.2) is 8.42 Å². The molecule has 1 fully saturated rings. The maximum absolute atomic E-state index is 12.4. The summed E-state index contributed by atoms with van der Waals surface area (Å²) in [5.74, 6) is 0.467. The van der Waals surface area contributed by atoms with Crippen molar-refractivity contribution >= 4 is 50.4 Å². The molecule has 0 aromatic carbocycles. The number of hydrogen-bond acceptors (Lipinski definition) is 6. The van der Waals surface area contributed by atoms with E-state index < -0.39 is 10.0 Å². The molecular formula is C14H16N2O3S4. The van der Waals surface area contributed by atoms with Gasteiger partial charge in [-0.3, -0.25) is 4.79 Å². The van der Waals surface area contributed by atoms with Crippen molar-refractivity contribution in [2.45, 2.75) is 8.42 Å². The number of sulfonamides is 1. The van der Waals surface area contributed by atoms with Crippen LogP contribution in [0.4, 0.5) is 0 Å². The van der Waals surface area contributed by atoms with E-state index in [2.05, 4.69) is 0 Å². The normalized spacial score (nSPS) is 16.6. The van der Waals surface area contributed by atoms with E-state index in [1.807, 2.05) is 17.5 Å². The minimum Gasteiger partial charge on any atom is -0.339 e. The summed E-state index contributed by atoms with van der Waals surface area (Å²) in [4.78, 5) is 14.0. The predicted octanol–water partition coefficient (Wildman–Crippen LogP) is 2.43. The average molecular weight is 389 g/mol. The van der Waals surface area contributed by atoms with Crippen LogP contribution in [0, 0.1) is 0 Å². The average Bonchev–Trinajstić information content (AvgIpc) is 3.26. The number of nitrogens with zero attached hydrogens (tertiary/aromatic N) is 2. The molecule has 3 heterocycles. The van der Waals surface area contributed by atoms with E-state index >= 15 is 0 Å². The highest BCUT2D eigenvalue weighted by Crippen LogP contribution is 2.25. The molecule has 0 aliphatic carbocycles. The van der Waals surface area contributed by atoms with E-state index in [0.29, 0.717) is 36.1 Å². The highest BCUT2D eigenvalue weighted by Gasteiger charge is 2.30. The Bertz CT molecular complexity index is 733. The van der Waals surface area contributed by atoms with Crippen LogP contribution in [-0.2, 0) is 14.8 Å². The first-order chi connectivity index (χ1) is 11.1. The quantitative estimate of drug-likeness (QED) is 0.738. The summed E-state index contributed by atoms with van der Waals surface area (Å²) in [6.45, 7) is 1.62. The second kappa shape index (κ2) is 7.35. The Labute approximate surface area is 148 Å². The van der Waals surface area contributed by atoms with E-state index in [0.717, 1.165) is 4.21 Å². The Morgan fingerprint density at radius 2 is 1.78 bits per heavy atom. The summed E-state index contributed by atoms with van der Waals surface area (Å²) in [7, 11) is -3.41. The number of amides is 1. The zero-order chi connectivity index (χ0) is 16.3. The maximum Gasteiger partial charge on any atom is 0.252 e. The summed E-state index contributed by atoms with van der Waals surface area (Å²) in [5.41, 5.74) is 0. The molecule has 0 N–H and O–H groups in total. The van der Waals surface area contributed by atoms with Crippen LogP contribution >= 0.6 is 34.4 Å². The molecule has 0 radical (unpaired) electrons. The van der Waals surface area contributed by atoms with E-state index in [1.165, 1.54) is 27.4 Å². The van der Waals surface area contributed by atoms with Crippen LogP contribution < -0.4 is 0 Å². The molecule has 23 heavy (non-hydrogen) atoms. The molecule has 3 rings (SSSR count). The Kier molecular flexibility index (Phi) is 5.42. The summed E-state index contributed by atoms with van der Waals surface area (Å²) in [6, 6.07) is 7.31. The molecule has 1 aliphatic heterocycles. The second-order valence-electron chi connectivity index (χ2n) is 4.94. The van der Waals surface area contributed by atoms with Gasteiger partial charge in [0.1, 0.15) is 4.21 Å². The molecule has 0 spiro atoms. The largest absolute Gasteiger partial charge is 0.339 e. The van der Waals surface area contributed by atoms with Gasteiger partial charge in [0.2, 0.25) is 5.91 Å². The summed E-state index contributed by atoms with van der Waals surface area (Å²) >= 11 is 4.37. The van der Waals surface area contributed by atoms with Gasteiger partial charge >= 0.3 is 0 Å². The first-order valence-electron chi connectivity index (χ1n) is 7.05. The Balaban J connectivity index is 1.53. The van der Waals surface area contributed by atoms with Crippen molar-refractivity contribution in [2.24, 2.45) is 0 Å². The molecule has 2 aromatic heterocycles. The number of piperazine rings is 1. The molecule has 1 saturated heterocycles. The van der Waals surface area contributed by atoms with Crippen LogP contribution in [0.3, 0.4) is 0 Å². The Morgan fingerprint density at radius 1 is 1.09 bits per heavy atom. The molecule has 0 saturated carbocycles. The predicted molar refractivity (Wildman–Crippen MR) is 94.7 cm³/mol. The van der Waals surface area contributed by atoms with Gasteiger partial charge in [0.05, 0.1) is 9.96 Å². The number of carbonyl (C=O) groups excluding carboxylic acids is 1. The topological polar surface area (TPSA) is 57.7 Å². The fraction of sp³-hybridized carbons (Fsp3) is 0.357. The van der Waals surface area contributed by atoms with Crippen molar-refractivity contribution < 1.29 is 13.2 Å². The molecule has 124 valence electrons. The number of rotatable bonds is 5. The van der Waals surface area contributed by atoms with Crippen molar-refractivity contribution in [3.8, 4) is 0 Å². The molecule has 5 nitrogen and oxygen atoms in total. The highest BCUT2D eigenvalue weighted by atomic mass is 32.2. The third-order valence-electron chi connectivity index (χ3n) is 3.51. The Hall–Kier alpha value is -0.870. The lowest BCUT2D eigenvalue weighted by molar-refractivity contribution is -0.129. The molecule has 1 aliphatic rings. The number of hydrogen-bond donors (Lipinski definition) is 0. The lowest BCUT2D eigenvalue weighted by atomic mass is 10.3. The van der Waals surface area contributed by atoms with E-state index in [1.54, 1.807) is 33.7 Å². The van der Waals surface area contributed by atoms with Crippen LogP contribution in [0.15, 0.2) is 43.4 Å². The second-order valence-corrected chi connectivity index (χ2v) is 10.3. The SMILES string of the molecule is O=C(CSc1cccs1)N1CCN(S(=O)(=O)c2cccs2)CC1. The first kappa shape index (κ1) is 17.0. The van der Waals surface area contributed by atoms with Crippen LogP contribution in [0.25, 0.3) is 0 Å². The molecule has 0 atom stereocenters. The fourth-order valence-electron chi connectivity index (χ4n) is 2.29. The minimum atomic E-state index is -3.41. The standard InChI is InChI=1S/C14H16N2O3S4/c17-12(11-22-13-3-1-9-20-13)15-5-7-16(8-6-15)23(18,19)14-4-2-10-21-14/h1-4,9-10H,5-8,11H2. The number of thiophene rings is 2. The lowest BCUT2D eigenvalue weighted by Crippen LogP contribution is -2.50. The number of thioether (sulfide) groups is 1. The highest BCUT2D eigenvalue weighted by molar-refractivity contribution is 8.01. The van der Waals surface area contributed by atoms with Gasteiger partial charge in [-0.15, -0.1) is 34.4 Å². The molecule has 1 amide bonds. The molecule has 9 heteroatoms. The van der Waals surface area contributed by atoms with Crippen molar-refractivity contribution in [3.05, 3.63) is 35.0 Å². The van der Waals surface area contributed by atoms with Crippen LogP contribution in [0.5, 0.6) is 0 Å². The van der Waals surface area contributed by atoms with Gasteiger partial charge in [-0.2, -0.15) is 4.31 Å². The zero-order valence-corrected chi connectivity index (χ0v) is 15.5. The Morgan fingerprint density at radius 3 is 2.39 bits per heavy atom. The smallest absolute Gasteiger partial charge is 0.252 e. The lowest BCUT2D eigenvalue weighted by Gasteiger charge is -2.33. The summed E-state index contributed by atoms with van der Waals surface area (Å²) in [6.07, 6.45) is 0.